The average Bonchev–Trinajstić information content (AvgIpc) is 3.75. The van der Waals surface area contributed by atoms with E-state index in [-0.39, 0.29) is 11.9 Å². The van der Waals surface area contributed by atoms with Crippen LogP contribution in [-0.2, 0) is 14.9 Å². The van der Waals surface area contributed by atoms with Crippen molar-refractivity contribution >= 4 is 23.4 Å². The van der Waals surface area contributed by atoms with Gasteiger partial charge in [0.2, 0.25) is 5.91 Å². The molecule has 1 aliphatic heterocycles. The van der Waals surface area contributed by atoms with E-state index in [2.05, 4.69) is 20.9 Å². The lowest BCUT2D eigenvalue weighted by molar-refractivity contribution is -0.123. The van der Waals surface area contributed by atoms with Crippen LogP contribution in [0, 0.1) is 0 Å². The number of nitrogens with zero attached hydrogens (tertiary/aromatic N) is 3. The summed E-state index contributed by atoms with van der Waals surface area (Å²) in [5.41, 5.74) is 1.75. The number of nitrogens with one attached hydrogen (secondary N) is 3. The second-order valence-electron chi connectivity index (χ2n) is 8.65. The SMILES string of the molecule is CNC(=O)Nc1ccc(-c2nc(N3CCOCC3)cc(C3(C(=O)NC4CC4)CC3)n2)cc1. The van der Waals surface area contributed by atoms with Gasteiger partial charge < -0.3 is 25.6 Å². The van der Waals surface area contributed by atoms with Crippen molar-refractivity contribution in [2.75, 3.05) is 43.6 Å². The van der Waals surface area contributed by atoms with E-state index in [0.717, 1.165) is 55.8 Å². The van der Waals surface area contributed by atoms with Crippen LogP contribution in [0.1, 0.15) is 31.4 Å². The quantitative estimate of drug-likeness (QED) is 0.640. The van der Waals surface area contributed by atoms with Crippen LogP contribution >= 0.6 is 0 Å². The maximum atomic E-state index is 13.0. The number of ether oxygens (including phenoxy) is 1. The highest BCUT2D eigenvalue weighted by Gasteiger charge is 2.54. The Kier molecular flexibility index (Phi) is 5.42. The molecule has 2 aromatic rings. The lowest BCUT2D eigenvalue weighted by Crippen LogP contribution is -2.38. The van der Waals surface area contributed by atoms with E-state index in [0.29, 0.717) is 30.8 Å². The number of rotatable bonds is 6. The molecule has 3 aliphatic rings. The van der Waals surface area contributed by atoms with Crippen molar-refractivity contribution in [1.29, 1.82) is 0 Å². The average molecular weight is 437 g/mol. The highest BCUT2D eigenvalue weighted by molar-refractivity contribution is 5.91. The van der Waals surface area contributed by atoms with Gasteiger partial charge >= 0.3 is 6.03 Å². The highest BCUT2D eigenvalue weighted by Crippen LogP contribution is 2.49. The fraction of sp³-hybridized carbons (Fsp3) is 0.478. The number of morpholine rings is 1. The predicted molar refractivity (Wildman–Crippen MR) is 121 cm³/mol. The Labute approximate surface area is 187 Å². The van der Waals surface area contributed by atoms with Gasteiger partial charge in [-0.3, -0.25) is 4.79 Å². The standard InChI is InChI=1S/C23H28N6O3/c1-24-22(31)26-17-4-2-15(3-5-17)20-27-18(14-19(28-20)29-10-12-32-13-11-29)23(8-9-23)21(30)25-16-6-7-16/h2-5,14,16H,6-13H2,1H3,(H,25,30)(H2,24,26,31). The molecule has 9 heteroatoms. The van der Waals surface area contributed by atoms with Crippen molar-refractivity contribution < 1.29 is 14.3 Å². The monoisotopic (exact) mass is 436 g/mol. The smallest absolute Gasteiger partial charge is 0.318 e. The van der Waals surface area contributed by atoms with Gasteiger partial charge in [0.05, 0.1) is 24.3 Å². The number of urea groups is 1. The number of anilines is 2. The van der Waals surface area contributed by atoms with Crippen LogP contribution in [0.5, 0.6) is 0 Å². The molecule has 0 spiro atoms. The Morgan fingerprint density at radius 3 is 2.44 bits per heavy atom. The predicted octanol–water partition coefficient (Wildman–Crippen LogP) is 2.04. The zero-order chi connectivity index (χ0) is 22.1. The van der Waals surface area contributed by atoms with Gasteiger partial charge in [0, 0.05) is 43.5 Å². The van der Waals surface area contributed by atoms with Crippen molar-refractivity contribution in [2.24, 2.45) is 0 Å². The first kappa shape index (κ1) is 20.7. The molecule has 0 radical (unpaired) electrons. The molecule has 9 nitrogen and oxygen atoms in total. The summed E-state index contributed by atoms with van der Waals surface area (Å²) in [5, 5.41) is 8.45. The minimum atomic E-state index is -0.554. The molecule has 168 valence electrons. The van der Waals surface area contributed by atoms with E-state index >= 15 is 0 Å². The van der Waals surface area contributed by atoms with Crippen LogP contribution in [0.15, 0.2) is 30.3 Å². The summed E-state index contributed by atoms with van der Waals surface area (Å²) in [6, 6.07) is 9.44. The second kappa shape index (κ2) is 8.38. The lowest BCUT2D eigenvalue weighted by Gasteiger charge is -2.29. The maximum absolute atomic E-state index is 13.0. The van der Waals surface area contributed by atoms with Gasteiger partial charge in [-0.25, -0.2) is 14.8 Å². The van der Waals surface area contributed by atoms with Gasteiger partial charge in [-0.05, 0) is 49.9 Å². The molecular formula is C23H28N6O3. The first-order valence-electron chi connectivity index (χ1n) is 11.2. The molecule has 5 rings (SSSR count). The van der Waals surface area contributed by atoms with Crippen LogP contribution in [-0.4, -0.2) is 61.3 Å². The van der Waals surface area contributed by atoms with Crippen molar-refractivity contribution in [2.45, 2.75) is 37.1 Å². The summed E-state index contributed by atoms with van der Waals surface area (Å²) in [6.07, 6.45) is 3.73. The summed E-state index contributed by atoms with van der Waals surface area (Å²) in [4.78, 5) is 36.5. The van der Waals surface area contributed by atoms with Crippen molar-refractivity contribution in [3.8, 4) is 11.4 Å². The number of aromatic nitrogens is 2. The third-order valence-electron chi connectivity index (χ3n) is 6.26. The van der Waals surface area contributed by atoms with E-state index in [9.17, 15) is 9.59 Å². The maximum Gasteiger partial charge on any atom is 0.318 e. The number of hydrogen-bond acceptors (Lipinski definition) is 6. The molecule has 1 aromatic heterocycles. The molecule has 32 heavy (non-hydrogen) atoms. The zero-order valence-electron chi connectivity index (χ0n) is 18.2. The summed E-state index contributed by atoms with van der Waals surface area (Å²) >= 11 is 0. The summed E-state index contributed by atoms with van der Waals surface area (Å²) in [5.74, 6) is 1.50. The highest BCUT2D eigenvalue weighted by atomic mass is 16.5. The molecule has 1 saturated heterocycles. The van der Waals surface area contributed by atoms with Crippen molar-refractivity contribution in [3.05, 3.63) is 36.0 Å². The number of hydrogen-bond donors (Lipinski definition) is 3. The number of carbonyl (C=O) groups is 2. The van der Waals surface area contributed by atoms with Crippen LogP contribution in [0.3, 0.4) is 0 Å². The van der Waals surface area contributed by atoms with Gasteiger partial charge in [-0.1, -0.05) is 0 Å². The molecule has 3 amide bonds. The van der Waals surface area contributed by atoms with E-state index in [1.165, 1.54) is 0 Å². The van der Waals surface area contributed by atoms with E-state index in [1.54, 1.807) is 7.05 Å². The molecule has 3 N–H and O–H groups in total. The molecule has 0 atom stereocenters. The van der Waals surface area contributed by atoms with Crippen LogP contribution in [0.25, 0.3) is 11.4 Å². The van der Waals surface area contributed by atoms with Gasteiger partial charge in [-0.15, -0.1) is 0 Å². The molecule has 2 heterocycles. The van der Waals surface area contributed by atoms with E-state index < -0.39 is 5.41 Å². The Morgan fingerprint density at radius 2 is 1.81 bits per heavy atom. The third-order valence-corrected chi connectivity index (χ3v) is 6.26. The molecule has 2 aliphatic carbocycles. The zero-order valence-corrected chi connectivity index (χ0v) is 18.2. The summed E-state index contributed by atoms with van der Waals surface area (Å²) in [6.45, 7) is 2.82. The molecule has 2 saturated carbocycles. The number of carbonyl (C=O) groups excluding carboxylic acids is 2. The topological polar surface area (TPSA) is 108 Å². The van der Waals surface area contributed by atoms with Crippen LogP contribution < -0.4 is 20.9 Å². The molecular weight excluding hydrogens is 408 g/mol. The fourth-order valence-electron chi connectivity index (χ4n) is 3.94. The minimum Gasteiger partial charge on any atom is -0.378 e. The first-order valence-corrected chi connectivity index (χ1v) is 11.2. The number of benzene rings is 1. The fourth-order valence-corrected chi connectivity index (χ4v) is 3.94. The molecule has 0 unspecified atom stereocenters. The van der Waals surface area contributed by atoms with Crippen molar-refractivity contribution in [1.82, 2.24) is 20.6 Å². The first-order chi connectivity index (χ1) is 15.6. The minimum absolute atomic E-state index is 0.0858. The Morgan fingerprint density at radius 1 is 1.09 bits per heavy atom. The third kappa shape index (κ3) is 4.25. The normalized spacial score (nSPS) is 19.2. The second-order valence-corrected chi connectivity index (χ2v) is 8.65. The summed E-state index contributed by atoms with van der Waals surface area (Å²) in [7, 11) is 1.57. The Hall–Kier alpha value is -3.20. The molecule has 1 aromatic carbocycles. The summed E-state index contributed by atoms with van der Waals surface area (Å²) < 4.78 is 5.50. The lowest BCUT2D eigenvalue weighted by atomic mass is 10.00. The van der Waals surface area contributed by atoms with Gasteiger partial charge in [0.25, 0.3) is 0 Å². The largest absolute Gasteiger partial charge is 0.378 e. The van der Waals surface area contributed by atoms with E-state index in [1.807, 2.05) is 30.3 Å². The Bertz CT molecular complexity index is 1010. The van der Waals surface area contributed by atoms with Gasteiger partial charge in [0.15, 0.2) is 5.82 Å². The van der Waals surface area contributed by atoms with Gasteiger partial charge in [0.1, 0.15) is 5.82 Å². The molecule has 3 fully saturated rings. The van der Waals surface area contributed by atoms with Crippen LogP contribution in [0.4, 0.5) is 16.3 Å². The number of amides is 3. The molecule has 0 bridgehead atoms. The van der Waals surface area contributed by atoms with E-state index in [4.69, 9.17) is 14.7 Å². The van der Waals surface area contributed by atoms with Gasteiger partial charge in [-0.2, -0.15) is 0 Å². The van der Waals surface area contributed by atoms with Crippen LogP contribution in [0.2, 0.25) is 0 Å². The Balaban J connectivity index is 1.48. The van der Waals surface area contributed by atoms with Crippen molar-refractivity contribution in [3.63, 3.8) is 0 Å².